The number of nitrogens with zero attached hydrogens (tertiary/aromatic N) is 2. The number of carbonyl (C=O) groups is 3. The van der Waals surface area contributed by atoms with Crippen molar-refractivity contribution in [2.24, 2.45) is 0 Å². The monoisotopic (exact) mass is 444 g/mol. The van der Waals surface area contributed by atoms with Crippen LogP contribution in [-0.2, 0) is 9.53 Å². The van der Waals surface area contributed by atoms with Crippen molar-refractivity contribution in [1.82, 2.24) is 4.90 Å². The first-order valence-corrected chi connectivity index (χ1v) is 10.1. The van der Waals surface area contributed by atoms with E-state index >= 15 is 0 Å². The van der Waals surface area contributed by atoms with Crippen molar-refractivity contribution >= 4 is 23.3 Å². The van der Waals surface area contributed by atoms with E-state index in [2.05, 4.69) is 0 Å². The molecule has 170 valence electrons. The van der Waals surface area contributed by atoms with Crippen molar-refractivity contribution in [2.75, 3.05) is 51.9 Å². The van der Waals surface area contributed by atoms with Gasteiger partial charge in [-0.05, 0) is 43.3 Å². The third kappa shape index (κ3) is 5.16. The number of piperazine rings is 1. The molecule has 1 amide bonds. The zero-order chi connectivity index (χ0) is 23.3. The smallest absolute Gasteiger partial charge is 0.338 e. The average Bonchev–Trinajstić information content (AvgIpc) is 2.81. The molecule has 0 N–H and O–H groups in total. The predicted octanol–water partition coefficient (Wildman–Crippen LogP) is 2.55. The number of benzene rings is 2. The van der Waals surface area contributed by atoms with Gasteiger partial charge in [0.2, 0.25) is 0 Å². The molecule has 0 atom stereocenters. The summed E-state index contributed by atoms with van der Waals surface area (Å²) in [5.74, 6) is -0.787. The van der Waals surface area contributed by atoms with E-state index in [-0.39, 0.29) is 17.3 Å². The predicted molar refractivity (Wildman–Crippen MR) is 115 cm³/mol. The lowest BCUT2D eigenvalue weighted by atomic mass is 10.1. The summed E-state index contributed by atoms with van der Waals surface area (Å²) in [4.78, 5) is 39.5. The minimum atomic E-state index is -0.648. The number of amides is 1. The first-order chi connectivity index (χ1) is 15.3. The second kappa shape index (κ2) is 10.1. The number of halogens is 1. The number of ether oxygens (including phenoxy) is 3. The van der Waals surface area contributed by atoms with Crippen LogP contribution in [0.2, 0.25) is 0 Å². The highest BCUT2D eigenvalue weighted by Crippen LogP contribution is 2.28. The van der Waals surface area contributed by atoms with Crippen LogP contribution in [-0.4, -0.2) is 69.6 Å². The minimum Gasteiger partial charge on any atom is -0.493 e. The molecule has 9 heteroatoms. The van der Waals surface area contributed by atoms with E-state index in [0.29, 0.717) is 48.9 Å². The Morgan fingerprint density at radius 2 is 1.56 bits per heavy atom. The van der Waals surface area contributed by atoms with Gasteiger partial charge in [0, 0.05) is 31.7 Å². The van der Waals surface area contributed by atoms with E-state index in [1.807, 2.05) is 4.90 Å². The molecule has 1 heterocycles. The zero-order valence-corrected chi connectivity index (χ0v) is 18.2. The van der Waals surface area contributed by atoms with Crippen LogP contribution in [0.1, 0.15) is 27.6 Å². The number of esters is 1. The van der Waals surface area contributed by atoms with Crippen LogP contribution in [0.5, 0.6) is 11.5 Å². The van der Waals surface area contributed by atoms with Crippen LogP contribution in [0.3, 0.4) is 0 Å². The maximum absolute atomic E-state index is 14.4. The van der Waals surface area contributed by atoms with Gasteiger partial charge in [-0.2, -0.15) is 0 Å². The summed E-state index contributed by atoms with van der Waals surface area (Å²) >= 11 is 0. The summed E-state index contributed by atoms with van der Waals surface area (Å²) in [6.07, 6.45) is 0. The van der Waals surface area contributed by atoms with Crippen LogP contribution in [0.25, 0.3) is 0 Å². The van der Waals surface area contributed by atoms with Gasteiger partial charge in [-0.1, -0.05) is 0 Å². The molecule has 8 nitrogen and oxygen atoms in total. The Balaban J connectivity index is 1.53. The molecule has 0 aromatic heterocycles. The summed E-state index contributed by atoms with van der Waals surface area (Å²) < 4.78 is 29.8. The van der Waals surface area contributed by atoms with Gasteiger partial charge in [-0.15, -0.1) is 0 Å². The van der Waals surface area contributed by atoms with Gasteiger partial charge in [0.05, 0.1) is 25.5 Å². The van der Waals surface area contributed by atoms with Crippen LogP contribution in [0, 0.1) is 5.82 Å². The number of ketones is 1. The van der Waals surface area contributed by atoms with Gasteiger partial charge in [-0.25, -0.2) is 9.18 Å². The molecule has 1 aliphatic rings. The Bertz CT molecular complexity index is 1020. The normalized spacial score (nSPS) is 13.5. The average molecular weight is 444 g/mol. The molecular weight excluding hydrogens is 419 g/mol. The van der Waals surface area contributed by atoms with Crippen LogP contribution in [0.15, 0.2) is 36.4 Å². The number of hydrogen-bond donors (Lipinski definition) is 0. The number of methoxy groups -OCH3 is 2. The van der Waals surface area contributed by atoms with Gasteiger partial charge < -0.3 is 24.0 Å². The second-order valence-corrected chi connectivity index (χ2v) is 7.24. The van der Waals surface area contributed by atoms with Crippen LogP contribution in [0.4, 0.5) is 10.1 Å². The second-order valence-electron chi connectivity index (χ2n) is 7.24. The van der Waals surface area contributed by atoms with Crippen molar-refractivity contribution in [1.29, 1.82) is 0 Å². The first kappa shape index (κ1) is 23.1. The van der Waals surface area contributed by atoms with Crippen molar-refractivity contribution in [2.45, 2.75) is 6.92 Å². The maximum Gasteiger partial charge on any atom is 0.338 e. The highest BCUT2D eigenvalue weighted by Gasteiger charge is 2.24. The van der Waals surface area contributed by atoms with Gasteiger partial charge in [0.25, 0.3) is 5.91 Å². The van der Waals surface area contributed by atoms with Gasteiger partial charge in [0.15, 0.2) is 23.9 Å². The van der Waals surface area contributed by atoms with E-state index in [9.17, 15) is 18.8 Å². The standard InChI is InChI=1S/C23H25FN2O6/c1-15(27)16-4-6-19(18(24)12-16)25-8-10-26(11-9-25)22(28)14-32-23(29)17-5-7-20(30-2)21(13-17)31-3/h4-7,12-13H,8-11,14H2,1-3H3. The number of rotatable bonds is 7. The molecule has 0 bridgehead atoms. The summed E-state index contributed by atoms with van der Waals surface area (Å²) in [5.41, 5.74) is 0.947. The molecule has 0 radical (unpaired) electrons. The Morgan fingerprint density at radius 1 is 0.906 bits per heavy atom. The summed E-state index contributed by atoms with van der Waals surface area (Å²) in [6, 6.07) is 8.98. The van der Waals surface area contributed by atoms with Crippen molar-refractivity contribution in [3.05, 3.63) is 53.3 Å². The number of anilines is 1. The van der Waals surface area contributed by atoms with E-state index < -0.39 is 18.4 Å². The molecular formula is C23H25FN2O6. The van der Waals surface area contributed by atoms with E-state index in [1.54, 1.807) is 23.1 Å². The lowest BCUT2D eigenvalue weighted by Crippen LogP contribution is -2.50. The summed E-state index contributed by atoms with van der Waals surface area (Å²) in [5, 5.41) is 0. The quantitative estimate of drug-likeness (QED) is 0.479. The molecule has 0 spiro atoms. The Labute approximate surface area is 185 Å². The number of carbonyl (C=O) groups excluding carboxylic acids is 3. The molecule has 1 fully saturated rings. The minimum absolute atomic E-state index is 0.200. The van der Waals surface area contributed by atoms with E-state index in [0.717, 1.165) is 0 Å². The Hall–Kier alpha value is -3.62. The lowest BCUT2D eigenvalue weighted by molar-refractivity contribution is -0.134. The Morgan fingerprint density at radius 3 is 2.16 bits per heavy atom. The topological polar surface area (TPSA) is 85.4 Å². The number of Topliss-reactive ketones (excluding diaryl/α,β-unsaturated/α-hetero) is 1. The highest BCUT2D eigenvalue weighted by atomic mass is 19.1. The molecule has 0 saturated carbocycles. The molecule has 0 unspecified atom stereocenters. The Kier molecular flexibility index (Phi) is 7.29. The molecule has 3 rings (SSSR count). The fourth-order valence-corrected chi connectivity index (χ4v) is 3.44. The summed E-state index contributed by atoms with van der Waals surface area (Å²) in [7, 11) is 2.95. The summed E-state index contributed by atoms with van der Waals surface area (Å²) in [6.45, 7) is 2.56. The van der Waals surface area contributed by atoms with Gasteiger partial charge in [-0.3, -0.25) is 9.59 Å². The maximum atomic E-state index is 14.4. The van der Waals surface area contributed by atoms with E-state index in [1.165, 1.54) is 39.3 Å². The molecule has 1 aliphatic heterocycles. The van der Waals surface area contributed by atoms with Crippen LogP contribution < -0.4 is 14.4 Å². The highest BCUT2D eigenvalue weighted by molar-refractivity contribution is 5.94. The SMILES string of the molecule is COc1ccc(C(=O)OCC(=O)N2CCN(c3ccc(C(C)=O)cc3F)CC2)cc1OC. The first-order valence-electron chi connectivity index (χ1n) is 10.1. The lowest BCUT2D eigenvalue weighted by Gasteiger charge is -2.36. The van der Waals surface area contributed by atoms with E-state index in [4.69, 9.17) is 14.2 Å². The zero-order valence-electron chi connectivity index (χ0n) is 18.2. The van der Waals surface area contributed by atoms with Gasteiger partial charge >= 0.3 is 5.97 Å². The fraction of sp³-hybridized carbons (Fsp3) is 0.348. The molecule has 0 aliphatic carbocycles. The molecule has 2 aromatic carbocycles. The van der Waals surface area contributed by atoms with Gasteiger partial charge in [0.1, 0.15) is 5.82 Å². The van der Waals surface area contributed by atoms with Crippen molar-refractivity contribution < 1.29 is 33.0 Å². The van der Waals surface area contributed by atoms with Crippen molar-refractivity contribution in [3.8, 4) is 11.5 Å². The van der Waals surface area contributed by atoms with Crippen molar-refractivity contribution in [3.63, 3.8) is 0 Å². The largest absolute Gasteiger partial charge is 0.493 e. The molecule has 2 aromatic rings. The molecule has 32 heavy (non-hydrogen) atoms. The number of hydrogen-bond acceptors (Lipinski definition) is 7. The van der Waals surface area contributed by atoms with Crippen LogP contribution >= 0.6 is 0 Å². The third-order valence-electron chi connectivity index (χ3n) is 5.27. The third-order valence-corrected chi connectivity index (χ3v) is 5.27. The molecule has 1 saturated heterocycles. The fourth-order valence-electron chi connectivity index (χ4n) is 3.44.